The normalized spacial score (nSPS) is 26.4. The molecular formula is C13H20N2S. The van der Waals surface area contributed by atoms with Crippen LogP contribution in [0.5, 0.6) is 0 Å². The molecule has 0 bridgehead atoms. The highest BCUT2D eigenvalue weighted by atomic mass is 32.1. The van der Waals surface area contributed by atoms with Gasteiger partial charge in [-0.1, -0.05) is 0 Å². The molecule has 1 unspecified atom stereocenters. The van der Waals surface area contributed by atoms with E-state index in [-0.39, 0.29) is 0 Å². The molecular weight excluding hydrogens is 216 g/mol. The predicted molar refractivity (Wildman–Crippen MR) is 68.7 cm³/mol. The van der Waals surface area contributed by atoms with Crippen LogP contribution in [0, 0.1) is 5.92 Å². The third kappa shape index (κ3) is 2.65. The van der Waals surface area contributed by atoms with Gasteiger partial charge in [0.25, 0.3) is 0 Å². The Kier molecular flexibility index (Phi) is 3.27. The summed E-state index contributed by atoms with van der Waals surface area (Å²) in [5.41, 5.74) is 1.43. The van der Waals surface area contributed by atoms with Crippen molar-refractivity contribution >= 4 is 11.3 Å². The molecule has 3 rings (SSSR count). The van der Waals surface area contributed by atoms with Gasteiger partial charge in [0.15, 0.2) is 0 Å². The van der Waals surface area contributed by atoms with E-state index in [0.29, 0.717) is 0 Å². The Morgan fingerprint density at radius 2 is 2.31 bits per heavy atom. The third-order valence-electron chi connectivity index (χ3n) is 3.72. The Bertz CT molecular complexity index is 319. The van der Waals surface area contributed by atoms with E-state index in [1.807, 2.05) is 0 Å². The summed E-state index contributed by atoms with van der Waals surface area (Å²) < 4.78 is 0. The van der Waals surface area contributed by atoms with E-state index in [2.05, 4.69) is 27.0 Å². The highest BCUT2D eigenvalue weighted by molar-refractivity contribution is 7.07. The maximum absolute atomic E-state index is 3.59. The smallest absolute Gasteiger partial charge is 0.0213 e. The Balaban J connectivity index is 1.36. The van der Waals surface area contributed by atoms with Gasteiger partial charge in [-0.15, -0.1) is 0 Å². The third-order valence-corrected chi connectivity index (χ3v) is 4.45. The molecule has 1 saturated carbocycles. The summed E-state index contributed by atoms with van der Waals surface area (Å²) in [4.78, 5) is 2.69. The molecule has 0 spiro atoms. The topological polar surface area (TPSA) is 15.3 Å². The molecule has 3 heteroatoms. The molecule has 16 heavy (non-hydrogen) atoms. The van der Waals surface area contributed by atoms with E-state index >= 15 is 0 Å². The number of hydrogen-bond acceptors (Lipinski definition) is 3. The summed E-state index contributed by atoms with van der Waals surface area (Å²) in [6.07, 6.45) is 4.30. The molecule has 1 aromatic rings. The van der Waals surface area contributed by atoms with Gasteiger partial charge in [0.1, 0.15) is 0 Å². The molecule has 1 saturated heterocycles. The maximum atomic E-state index is 3.59. The molecule has 0 radical (unpaired) electrons. The molecule has 1 atom stereocenters. The number of nitrogens with one attached hydrogen (secondary N) is 1. The lowest BCUT2D eigenvalue weighted by Crippen LogP contribution is -2.27. The Morgan fingerprint density at radius 1 is 1.38 bits per heavy atom. The predicted octanol–water partition coefficient (Wildman–Crippen LogP) is 2.32. The molecule has 1 aliphatic carbocycles. The van der Waals surface area contributed by atoms with Gasteiger partial charge >= 0.3 is 0 Å². The molecule has 2 heterocycles. The first-order valence-corrected chi connectivity index (χ1v) is 7.32. The number of thiophene rings is 1. The van der Waals surface area contributed by atoms with Crippen molar-refractivity contribution in [3.8, 4) is 0 Å². The molecule has 1 N–H and O–H groups in total. The van der Waals surface area contributed by atoms with Crippen molar-refractivity contribution in [3.05, 3.63) is 22.4 Å². The van der Waals surface area contributed by atoms with Crippen LogP contribution in [0.3, 0.4) is 0 Å². The average molecular weight is 236 g/mol. The van der Waals surface area contributed by atoms with E-state index in [1.54, 1.807) is 11.3 Å². The van der Waals surface area contributed by atoms with Crippen LogP contribution in [0.2, 0.25) is 0 Å². The standard InChI is InChI=1S/C13H20N2S/c1-2-13(1)15-5-3-11(9-15)7-14-8-12-4-6-16-10-12/h4,6,10-11,13-14H,1-3,5,7-9H2. The van der Waals surface area contributed by atoms with Crippen molar-refractivity contribution in [3.63, 3.8) is 0 Å². The fraction of sp³-hybridized carbons (Fsp3) is 0.692. The summed E-state index contributed by atoms with van der Waals surface area (Å²) in [6, 6.07) is 3.17. The minimum absolute atomic E-state index is 0.888. The lowest BCUT2D eigenvalue weighted by atomic mass is 10.1. The molecule has 0 aromatic carbocycles. The van der Waals surface area contributed by atoms with Gasteiger partial charge in [-0.25, -0.2) is 0 Å². The first kappa shape index (κ1) is 10.8. The van der Waals surface area contributed by atoms with Crippen LogP contribution >= 0.6 is 11.3 Å². The monoisotopic (exact) mass is 236 g/mol. The number of rotatable bonds is 5. The van der Waals surface area contributed by atoms with Gasteiger partial charge in [-0.2, -0.15) is 11.3 Å². The highest BCUT2D eigenvalue weighted by Gasteiger charge is 2.33. The zero-order chi connectivity index (χ0) is 10.8. The minimum atomic E-state index is 0.888. The second-order valence-corrected chi connectivity index (χ2v) is 5.92. The highest BCUT2D eigenvalue weighted by Crippen LogP contribution is 2.31. The van der Waals surface area contributed by atoms with Crippen LogP contribution in [0.1, 0.15) is 24.8 Å². The van der Waals surface area contributed by atoms with E-state index in [9.17, 15) is 0 Å². The van der Waals surface area contributed by atoms with Crippen molar-refractivity contribution in [2.75, 3.05) is 19.6 Å². The minimum Gasteiger partial charge on any atom is -0.312 e. The summed E-state index contributed by atoms with van der Waals surface area (Å²) in [5.74, 6) is 0.888. The molecule has 1 aliphatic heterocycles. The summed E-state index contributed by atoms with van der Waals surface area (Å²) >= 11 is 1.79. The largest absolute Gasteiger partial charge is 0.312 e. The lowest BCUT2D eigenvalue weighted by molar-refractivity contribution is 0.312. The van der Waals surface area contributed by atoms with Crippen LogP contribution in [-0.4, -0.2) is 30.6 Å². The van der Waals surface area contributed by atoms with Gasteiger partial charge in [0.05, 0.1) is 0 Å². The van der Waals surface area contributed by atoms with Crippen LogP contribution in [0.4, 0.5) is 0 Å². The summed E-state index contributed by atoms with van der Waals surface area (Å²) in [5, 5.41) is 7.98. The van der Waals surface area contributed by atoms with E-state index in [1.165, 1.54) is 44.5 Å². The van der Waals surface area contributed by atoms with Crippen LogP contribution in [0.15, 0.2) is 16.8 Å². The molecule has 0 amide bonds. The van der Waals surface area contributed by atoms with Gasteiger partial charge in [0, 0.05) is 19.1 Å². The average Bonchev–Trinajstić information content (AvgIpc) is 2.83. The Labute approximate surface area is 102 Å². The lowest BCUT2D eigenvalue weighted by Gasteiger charge is -2.14. The van der Waals surface area contributed by atoms with Gasteiger partial charge in [-0.3, -0.25) is 0 Å². The SMILES string of the molecule is c1cc(CNCC2CCN(C3CC3)C2)cs1. The van der Waals surface area contributed by atoms with Gasteiger partial charge in [-0.05, 0) is 60.7 Å². The second kappa shape index (κ2) is 4.86. The van der Waals surface area contributed by atoms with E-state index in [0.717, 1.165) is 18.5 Å². The number of likely N-dealkylation sites (tertiary alicyclic amines) is 1. The van der Waals surface area contributed by atoms with E-state index in [4.69, 9.17) is 0 Å². The van der Waals surface area contributed by atoms with Gasteiger partial charge < -0.3 is 10.2 Å². The van der Waals surface area contributed by atoms with Crippen molar-refractivity contribution in [2.45, 2.75) is 31.8 Å². The van der Waals surface area contributed by atoms with Crippen molar-refractivity contribution in [1.29, 1.82) is 0 Å². The van der Waals surface area contributed by atoms with Crippen LogP contribution in [-0.2, 0) is 6.54 Å². The Morgan fingerprint density at radius 3 is 3.06 bits per heavy atom. The molecule has 2 nitrogen and oxygen atoms in total. The quantitative estimate of drug-likeness (QED) is 0.844. The van der Waals surface area contributed by atoms with Gasteiger partial charge in [0.2, 0.25) is 0 Å². The molecule has 2 fully saturated rings. The number of hydrogen-bond donors (Lipinski definition) is 1. The summed E-state index contributed by atoms with van der Waals surface area (Å²) in [6.45, 7) is 4.92. The zero-order valence-corrected chi connectivity index (χ0v) is 10.5. The van der Waals surface area contributed by atoms with Crippen molar-refractivity contribution in [1.82, 2.24) is 10.2 Å². The molecule has 1 aromatic heterocycles. The van der Waals surface area contributed by atoms with E-state index < -0.39 is 0 Å². The maximum Gasteiger partial charge on any atom is 0.0213 e. The zero-order valence-electron chi connectivity index (χ0n) is 9.69. The van der Waals surface area contributed by atoms with Crippen LogP contribution < -0.4 is 5.32 Å². The molecule has 2 aliphatic rings. The number of nitrogens with zero attached hydrogens (tertiary/aromatic N) is 1. The van der Waals surface area contributed by atoms with Crippen molar-refractivity contribution < 1.29 is 0 Å². The van der Waals surface area contributed by atoms with Crippen molar-refractivity contribution in [2.24, 2.45) is 5.92 Å². The first-order chi connectivity index (χ1) is 7.92. The molecule has 88 valence electrons. The summed E-state index contributed by atoms with van der Waals surface area (Å²) in [7, 11) is 0. The fourth-order valence-electron chi connectivity index (χ4n) is 2.61. The Hall–Kier alpha value is -0.380. The van der Waals surface area contributed by atoms with Crippen LogP contribution in [0.25, 0.3) is 0 Å². The fourth-order valence-corrected chi connectivity index (χ4v) is 3.28. The first-order valence-electron chi connectivity index (χ1n) is 6.37. The second-order valence-electron chi connectivity index (χ2n) is 5.14.